The molecule has 0 aliphatic carbocycles. The minimum atomic E-state index is -3.60. The van der Waals surface area contributed by atoms with Gasteiger partial charge in [0.05, 0.1) is 18.0 Å². The van der Waals surface area contributed by atoms with E-state index in [-0.39, 0.29) is 22.4 Å². The van der Waals surface area contributed by atoms with Gasteiger partial charge in [0, 0.05) is 11.1 Å². The van der Waals surface area contributed by atoms with E-state index in [4.69, 9.17) is 4.74 Å². The van der Waals surface area contributed by atoms with Crippen molar-refractivity contribution >= 4 is 15.9 Å². The summed E-state index contributed by atoms with van der Waals surface area (Å²) in [5, 5.41) is 2.88. The summed E-state index contributed by atoms with van der Waals surface area (Å²) in [4.78, 5) is 12.6. The fourth-order valence-corrected chi connectivity index (χ4v) is 3.25. The largest absolute Gasteiger partial charge is 0.496 e. The summed E-state index contributed by atoms with van der Waals surface area (Å²) in [7, 11) is -0.695. The molecular weight excluding hydrogens is 340 g/mol. The number of sulfonamides is 1. The number of benzene rings is 2. The van der Waals surface area contributed by atoms with E-state index in [2.05, 4.69) is 10.0 Å². The van der Waals surface area contributed by atoms with Crippen LogP contribution in [0.25, 0.3) is 0 Å². The summed E-state index contributed by atoms with van der Waals surface area (Å²) >= 11 is 0. The van der Waals surface area contributed by atoms with Crippen molar-refractivity contribution in [3.63, 3.8) is 0 Å². The zero-order valence-corrected chi connectivity index (χ0v) is 15.5. The number of aryl methyl sites for hydroxylation is 1. The van der Waals surface area contributed by atoms with Gasteiger partial charge in [0.2, 0.25) is 10.0 Å². The van der Waals surface area contributed by atoms with Crippen molar-refractivity contribution in [1.82, 2.24) is 10.0 Å². The van der Waals surface area contributed by atoms with Gasteiger partial charge in [0.15, 0.2) is 0 Å². The average Bonchev–Trinajstić information content (AvgIpc) is 2.61. The van der Waals surface area contributed by atoms with Crippen LogP contribution in [-0.4, -0.2) is 28.5 Å². The van der Waals surface area contributed by atoms with Gasteiger partial charge in [-0.15, -0.1) is 0 Å². The number of rotatable bonds is 6. The maximum absolute atomic E-state index is 12.5. The Morgan fingerprint density at radius 1 is 1.16 bits per heavy atom. The summed E-state index contributed by atoms with van der Waals surface area (Å²) < 4.78 is 31.3. The highest BCUT2D eigenvalue weighted by molar-refractivity contribution is 7.89. The molecule has 1 atom stereocenters. The molecule has 0 unspecified atom stereocenters. The molecule has 0 saturated carbocycles. The molecule has 6 nitrogen and oxygen atoms in total. The summed E-state index contributed by atoms with van der Waals surface area (Å²) in [6, 6.07) is 11.3. The van der Waals surface area contributed by atoms with Gasteiger partial charge in [-0.25, -0.2) is 13.1 Å². The molecule has 2 aromatic carbocycles. The molecule has 1 amide bonds. The second kappa shape index (κ2) is 7.67. The van der Waals surface area contributed by atoms with Crippen molar-refractivity contribution in [2.45, 2.75) is 24.8 Å². The van der Waals surface area contributed by atoms with Gasteiger partial charge in [0.25, 0.3) is 5.91 Å². The molecular formula is C18H22N2O4S. The third-order valence-corrected chi connectivity index (χ3v) is 5.29. The number of amides is 1. The van der Waals surface area contributed by atoms with Crippen LogP contribution in [0, 0.1) is 6.92 Å². The molecule has 2 rings (SSSR count). The summed E-state index contributed by atoms with van der Waals surface area (Å²) in [6.07, 6.45) is 0. The normalized spacial score (nSPS) is 12.5. The van der Waals surface area contributed by atoms with E-state index in [9.17, 15) is 13.2 Å². The van der Waals surface area contributed by atoms with Crippen LogP contribution in [0.15, 0.2) is 47.4 Å². The van der Waals surface area contributed by atoms with Crippen LogP contribution in [0.1, 0.15) is 34.5 Å². The van der Waals surface area contributed by atoms with Crippen molar-refractivity contribution in [2.75, 3.05) is 14.2 Å². The van der Waals surface area contributed by atoms with E-state index in [1.54, 1.807) is 13.2 Å². The molecule has 0 spiro atoms. The number of hydrogen-bond donors (Lipinski definition) is 2. The quantitative estimate of drug-likeness (QED) is 0.826. The molecule has 2 aromatic rings. The zero-order valence-electron chi connectivity index (χ0n) is 14.7. The lowest BCUT2D eigenvalue weighted by Gasteiger charge is -2.18. The summed E-state index contributed by atoms with van der Waals surface area (Å²) in [5.41, 5.74) is 2.18. The van der Waals surface area contributed by atoms with E-state index in [1.807, 2.05) is 32.0 Å². The fraction of sp³-hybridized carbons (Fsp3) is 0.278. The molecule has 0 fully saturated rings. The highest BCUT2D eigenvalue weighted by Crippen LogP contribution is 2.26. The van der Waals surface area contributed by atoms with Crippen LogP contribution in [0.4, 0.5) is 0 Å². The van der Waals surface area contributed by atoms with E-state index >= 15 is 0 Å². The highest BCUT2D eigenvalue weighted by Gasteiger charge is 2.18. The molecule has 0 heterocycles. The molecule has 7 heteroatoms. The number of nitrogens with one attached hydrogen (secondary N) is 2. The Morgan fingerprint density at radius 2 is 1.88 bits per heavy atom. The van der Waals surface area contributed by atoms with Crippen LogP contribution in [0.2, 0.25) is 0 Å². The number of hydrogen-bond acceptors (Lipinski definition) is 4. The smallest absolute Gasteiger partial charge is 0.251 e. The lowest BCUT2D eigenvalue weighted by Crippen LogP contribution is -2.27. The van der Waals surface area contributed by atoms with Crippen molar-refractivity contribution in [1.29, 1.82) is 0 Å². The summed E-state index contributed by atoms with van der Waals surface area (Å²) in [5.74, 6) is 0.328. The van der Waals surface area contributed by atoms with E-state index in [1.165, 1.54) is 25.2 Å². The topological polar surface area (TPSA) is 84.5 Å². The first kappa shape index (κ1) is 19.0. The Labute approximate surface area is 148 Å². The highest BCUT2D eigenvalue weighted by atomic mass is 32.2. The van der Waals surface area contributed by atoms with Crippen LogP contribution >= 0.6 is 0 Å². The van der Waals surface area contributed by atoms with Crippen molar-refractivity contribution in [3.05, 3.63) is 59.2 Å². The van der Waals surface area contributed by atoms with E-state index in [0.29, 0.717) is 5.75 Å². The van der Waals surface area contributed by atoms with Crippen molar-refractivity contribution in [2.24, 2.45) is 0 Å². The zero-order chi connectivity index (χ0) is 18.6. The molecule has 134 valence electrons. The standard InChI is InChI=1S/C18H22N2O4S/c1-12-8-9-17(24-4)16(10-12)13(2)20-18(21)14-6-5-7-15(11-14)25(22,23)19-3/h5-11,13,19H,1-4H3,(H,20,21)/t13-/m1/s1. The third-order valence-electron chi connectivity index (χ3n) is 3.87. The van der Waals surface area contributed by atoms with Gasteiger partial charge in [-0.1, -0.05) is 23.8 Å². The first-order valence-electron chi connectivity index (χ1n) is 7.77. The Kier molecular flexibility index (Phi) is 5.81. The monoisotopic (exact) mass is 362 g/mol. The molecule has 0 aliphatic rings. The van der Waals surface area contributed by atoms with Crippen molar-refractivity contribution < 1.29 is 17.9 Å². The van der Waals surface area contributed by atoms with Crippen LogP contribution in [-0.2, 0) is 10.0 Å². The molecule has 0 aliphatic heterocycles. The van der Waals surface area contributed by atoms with Gasteiger partial charge in [-0.05, 0) is 45.2 Å². The van der Waals surface area contributed by atoms with Gasteiger partial charge in [0.1, 0.15) is 5.75 Å². The van der Waals surface area contributed by atoms with Gasteiger partial charge < -0.3 is 10.1 Å². The summed E-state index contributed by atoms with van der Waals surface area (Å²) in [6.45, 7) is 3.81. The van der Waals surface area contributed by atoms with Gasteiger partial charge in [-0.3, -0.25) is 4.79 Å². The molecule has 0 saturated heterocycles. The Morgan fingerprint density at radius 3 is 2.52 bits per heavy atom. The lowest BCUT2D eigenvalue weighted by atomic mass is 10.0. The maximum atomic E-state index is 12.5. The van der Waals surface area contributed by atoms with Gasteiger partial charge >= 0.3 is 0 Å². The molecule has 0 radical (unpaired) electrons. The number of ether oxygens (including phenoxy) is 1. The van der Waals surface area contributed by atoms with E-state index < -0.39 is 10.0 Å². The predicted molar refractivity (Wildman–Crippen MR) is 96.3 cm³/mol. The Bertz CT molecular complexity index is 878. The Hall–Kier alpha value is -2.38. The van der Waals surface area contributed by atoms with Crippen LogP contribution in [0.5, 0.6) is 5.75 Å². The minimum Gasteiger partial charge on any atom is -0.496 e. The third kappa shape index (κ3) is 4.37. The predicted octanol–water partition coefficient (Wildman–Crippen LogP) is 2.40. The number of carbonyl (C=O) groups is 1. The van der Waals surface area contributed by atoms with Gasteiger partial charge in [-0.2, -0.15) is 0 Å². The Balaban J connectivity index is 2.26. The second-order valence-electron chi connectivity index (χ2n) is 5.68. The lowest BCUT2D eigenvalue weighted by molar-refractivity contribution is 0.0939. The van der Waals surface area contributed by atoms with Crippen molar-refractivity contribution in [3.8, 4) is 5.75 Å². The van der Waals surface area contributed by atoms with Crippen LogP contribution in [0.3, 0.4) is 0 Å². The molecule has 2 N–H and O–H groups in total. The minimum absolute atomic E-state index is 0.0449. The molecule has 0 bridgehead atoms. The first-order valence-corrected chi connectivity index (χ1v) is 9.26. The average molecular weight is 362 g/mol. The molecule has 25 heavy (non-hydrogen) atoms. The number of carbonyl (C=O) groups excluding carboxylic acids is 1. The fourth-order valence-electron chi connectivity index (χ4n) is 2.47. The second-order valence-corrected chi connectivity index (χ2v) is 7.56. The van der Waals surface area contributed by atoms with E-state index in [0.717, 1.165) is 11.1 Å². The first-order chi connectivity index (χ1) is 11.8. The molecule has 0 aromatic heterocycles. The number of methoxy groups -OCH3 is 1. The SMILES string of the molecule is CNS(=O)(=O)c1cccc(C(=O)N[C@H](C)c2cc(C)ccc2OC)c1. The van der Waals surface area contributed by atoms with Crippen LogP contribution < -0.4 is 14.8 Å². The maximum Gasteiger partial charge on any atom is 0.251 e.